The van der Waals surface area contributed by atoms with E-state index in [0.717, 1.165) is 11.0 Å². The third kappa shape index (κ3) is 2.04. The van der Waals surface area contributed by atoms with Crippen LogP contribution in [0.5, 0.6) is 0 Å². The molecule has 0 atom stereocenters. The first-order valence-corrected chi connectivity index (χ1v) is 6.21. The summed E-state index contributed by atoms with van der Waals surface area (Å²) in [6.45, 7) is 0. The molecule has 3 nitrogen and oxygen atoms in total. The van der Waals surface area contributed by atoms with Gasteiger partial charge in [0.1, 0.15) is 5.82 Å². The molecule has 0 saturated carbocycles. The van der Waals surface area contributed by atoms with Crippen molar-refractivity contribution in [2.45, 2.75) is 10.1 Å². The van der Waals surface area contributed by atoms with Crippen LogP contribution in [-0.4, -0.2) is 9.97 Å². The van der Waals surface area contributed by atoms with Gasteiger partial charge in [0.15, 0.2) is 5.16 Å². The van der Waals surface area contributed by atoms with Crippen LogP contribution in [0.15, 0.2) is 52.5 Å². The van der Waals surface area contributed by atoms with Crippen molar-refractivity contribution in [1.29, 1.82) is 0 Å². The summed E-state index contributed by atoms with van der Waals surface area (Å²) in [6, 6.07) is 12.1. The fourth-order valence-corrected chi connectivity index (χ4v) is 2.51. The summed E-state index contributed by atoms with van der Waals surface area (Å²) in [5.41, 5.74) is 8.05. The van der Waals surface area contributed by atoms with Crippen molar-refractivity contribution >= 4 is 28.5 Å². The minimum Gasteiger partial charge on any atom is -0.399 e. The van der Waals surface area contributed by atoms with Gasteiger partial charge in [-0.05, 0) is 42.1 Å². The van der Waals surface area contributed by atoms with Crippen LogP contribution < -0.4 is 5.73 Å². The highest BCUT2D eigenvalue weighted by Gasteiger charge is 2.07. The quantitative estimate of drug-likeness (QED) is 0.693. The van der Waals surface area contributed by atoms with Gasteiger partial charge in [0, 0.05) is 5.69 Å². The standard InChI is InChI=1S/C13H10FN3S/c14-9-3-1-2-4-12(9)18-13-16-10-6-5-8(15)7-11(10)17-13/h1-7H,15H2,(H,16,17). The van der Waals surface area contributed by atoms with Crippen molar-refractivity contribution in [3.05, 3.63) is 48.3 Å². The molecule has 0 spiro atoms. The minimum absolute atomic E-state index is 0.248. The van der Waals surface area contributed by atoms with E-state index in [9.17, 15) is 4.39 Å². The molecular weight excluding hydrogens is 249 g/mol. The Morgan fingerprint density at radius 3 is 2.83 bits per heavy atom. The summed E-state index contributed by atoms with van der Waals surface area (Å²) in [6.07, 6.45) is 0. The summed E-state index contributed by atoms with van der Waals surface area (Å²) in [4.78, 5) is 8.04. The van der Waals surface area contributed by atoms with Gasteiger partial charge in [-0.2, -0.15) is 0 Å². The Bertz CT molecular complexity index is 708. The lowest BCUT2D eigenvalue weighted by Crippen LogP contribution is -1.82. The Hall–Kier alpha value is -2.01. The first-order chi connectivity index (χ1) is 8.72. The van der Waals surface area contributed by atoms with Crippen LogP contribution in [0.25, 0.3) is 11.0 Å². The molecule has 0 fully saturated rings. The summed E-state index contributed by atoms with van der Waals surface area (Å²) in [5, 5.41) is 0.653. The maximum atomic E-state index is 13.5. The zero-order valence-electron chi connectivity index (χ0n) is 9.35. The number of rotatable bonds is 2. The van der Waals surface area contributed by atoms with Crippen LogP contribution in [0, 0.1) is 5.82 Å². The van der Waals surface area contributed by atoms with Gasteiger partial charge in [0.05, 0.1) is 15.9 Å². The van der Waals surface area contributed by atoms with E-state index in [4.69, 9.17) is 5.73 Å². The van der Waals surface area contributed by atoms with Crippen molar-refractivity contribution in [2.75, 3.05) is 5.73 Å². The maximum Gasteiger partial charge on any atom is 0.171 e. The first-order valence-electron chi connectivity index (χ1n) is 5.40. The summed E-state index contributed by atoms with van der Waals surface area (Å²) < 4.78 is 13.5. The minimum atomic E-state index is -0.248. The smallest absolute Gasteiger partial charge is 0.171 e. The lowest BCUT2D eigenvalue weighted by Gasteiger charge is -1.98. The number of hydrogen-bond donors (Lipinski definition) is 2. The molecule has 3 rings (SSSR count). The summed E-state index contributed by atoms with van der Waals surface area (Å²) >= 11 is 1.26. The van der Waals surface area contributed by atoms with Gasteiger partial charge in [-0.15, -0.1) is 0 Å². The van der Waals surface area contributed by atoms with Crippen molar-refractivity contribution in [3.63, 3.8) is 0 Å². The van der Waals surface area contributed by atoms with E-state index < -0.39 is 0 Å². The van der Waals surface area contributed by atoms with Gasteiger partial charge in [-0.25, -0.2) is 9.37 Å². The van der Waals surface area contributed by atoms with Crippen LogP contribution >= 0.6 is 11.8 Å². The Balaban J connectivity index is 1.98. The van der Waals surface area contributed by atoms with Crippen LogP contribution in [-0.2, 0) is 0 Å². The monoisotopic (exact) mass is 259 g/mol. The maximum absolute atomic E-state index is 13.5. The molecule has 18 heavy (non-hydrogen) atoms. The number of nitrogens with one attached hydrogen (secondary N) is 1. The van der Waals surface area contributed by atoms with Crippen LogP contribution in [0.2, 0.25) is 0 Å². The number of fused-ring (bicyclic) bond motifs is 1. The highest BCUT2D eigenvalue weighted by atomic mass is 32.2. The molecule has 3 N–H and O–H groups in total. The number of imidazole rings is 1. The van der Waals surface area contributed by atoms with E-state index >= 15 is 0 Å². The third-order valence-electron chi connectivity index (χ3n) is 2.53. The fraction of sp³-hybridized carbons (Fsp3) is 0. The highest BCUT2D eigenvalue weighted by molar-refractivity contribution is 7.99. The van der Waals surface area contributed by atoms with E-state index in [1.165, 1.54) is 17.8 Å². The van der Waals surface area contributed by atoms with Gasteiger partial charge in [0.2, 0.25) is 0 Å². The zero-order valence-corrected chi connectivity index (χ0v) is 10.2. The second kappa shape index (κ2) is 4.34. The van der Waals surface area contributed by atoms with Crippen LogP contribution in [0.1, 0.15) is 0 Å². The van der Waals surface area contributed by atoms with Gasteiger partial charge in [0.25, 0.3) is 0 Å². The lowest BCUT2D eigenvalue weighted by molar-refractivity contribution is 0.602. The van der Waals surface area contributed by atoms with Crippen LogP contribution in [0.4, 0.5) is 10.1 Å². The molecule has 0 saturated heterocycles. The van der Waals surface area contributed by atoms with Crippen LogP contribution in [0.3, 0.4) is 0 Å². The zero-order chi connectivity index (χ0) is 12.5. The van der Waals surface area contributed by atoms with Gasteiger partial charge >= 0.3 is 0 Å². The lowest BCUT2D eigenvalue weighted by atomic mass is 10.3. The summed E-state index contributed by atoms with van der Waals surface area (Å²) in [5.74, 6) is -0.248. The molecule has 0 aliphatic carbocycles. The third-order valence-corrected chi connectivity index (χ3v) is 3.47. The Morgan fingerprint density at radius 2 is 2.00 bits per heavy atom. The largest absolute Gasteiger partial charge is 0.399 e. The second-order valence-corrected chi connectivity index (χ2v) is 4.88. The molecule has 90 valence electrons. The molecule has 0 amide bonds. The normalized spacial score (nSPS) is 10.9. The number of aromatic nitrogens is 2. The van der Waals surface area contributed by atoms with Gasteiger partial charge in [-0.1, -0.05) is 12.1 Å². The van der Waals surface area contributed by atoms with Crippen molar-refractivity contribution < 1.29 is 4.39 Å². The topological polar surface area (TPSA) is 54.7 Å². The molecular formula is C13H10FN3S. The van der Waals surface area contributed by atoms with E-state index in [1.54, 1.807) is 24.3 Å². The van der Waals surface area contributed by atoms with Gasteiger partial charge < -0.3 is 10.7 Å². The molecule has 0 aliphatic heterocycles. The second-order valence-electron chi connectivity index (χ2n) is 3.85. The number of H-pyrrole nitrogens is 1. The predicted octanol–water partition coefficient (Wildman–Crippen LogP) is 3.44. The Morgan fingerprint density at radius 1 is 1.17 bits per heavy atom. The number of nitrogens with two attached hydrogens (primary N) is 1. The molecule has 3 aromatic rings. The average Bonchev–Trinajstić information content (AvgIpc) is 2.73. The number of hydrogen-bond acceptors (Lipinski definition) is 3. The van der Waals surface area contributed by atoms with E-state index in [-0.39, 0.29) is 5.82 Å². The highest BCUT2D eigenvalue weighted by Crippen LogP contribution is 2.29. The fourth-order valence-electron chi connectivity index (χ4n) is 1.68. The number of aromatic amines is 1. The summed E-state index contributed by atoms with van der Waals surface area (Å²) in [7, 11) is 0. The molecule has 1 aromatic heterocycles. The van der Waals surface area contributed by atoms with Crippen molar-refractivity contribution in [3.8, 4) is 0 Å². The Kier molecular flexibility index (Phi) is 2.68. The number of halogens is 1. The molecule has 5 heteroatoms. The average molecular weight is 259 g/mol. The first kappa shape index (κ1) is 11.1. The van der Waals surface area contributed by atoms with E-state index in [0.29, 0.717) is 15.7 Å². The molecule has 1 heterocycles. The predicted molar refractivity (Wildman–Crippen MR) is 71.0 cm³/mol. The number of anilines is 1. The molecule has 0 radical (unpaired) electrons. The number of benzene rings is 2. The molecule has 0 bridgehead atoms. The molecule has 0 aliphatic rings. The van der Waals surface area contributed by atoms with Crippen molar-refractivity contribution in [2.24, 2.45) is 0 Å². The van der Waals surface area contributed by atoms with Gasteiger partial charge in [-0.3, -0.25) is 0 Å². The van der Waals surface area contributed by atoms with E-state index in [1.807, 2.05) is 12.1 Å². The Labute approximate surface area is 107 Å². The van der Waals surface area contributed by atoms with Crippen molar-refractivity contribution in [1.82, 2.24) is 9.97 Å². The SMILES string of the molecule is Nc1ccc2nc(Sc3ccccc3F)[nH]c2c1. The van der Waals surface area contributed by atoms with E-state index in [2.05, 4.69) is 9.97 Å². The number of nitrogens with zero attached hydrogens (tertiary/aromatic N) is 1. The number of nitrogen functional groups attached to an aromatic ring is 1. The molecule has 0 unspecified atom stereocenters. The molecule has 2 aromatic carbocycles.